The topological polar surface area (TPSA) is 51.1 Å². The van der Waals surface area contributed by atoms with Crippen molar-refractivity contribution >= 4 is 73.7 Å². The van der Waals surface area contributed by atoms with Gasteiger partial charge in [0.2, 0.25) is 0 Å². The lowest BCUT2D eigenvalue weighted by Gasteiger charge is -2.12. The monoisotopic (exact) mass is 514 g/mol. The molecule has 1 heterocycles. The Balaban J connectivity index is 1.97. The van der Waals surface area contributed by atoms with E-state index in [2.05, 4.69) is 20.9 Å². The number of aliphatic imine (C=N–C) groups is 1. The minimum absolute atomic E-state index is 0.120. The number of thioether (sulfide) groups is 1. The maximum atomic E-state index is 12.9. The van der Waals surface area contributed by atoms with Crippen molar-refractivity contribution in [3.8, 4) is 11.5 Å². The quantitative estimate of drug-likeness (QED) is 0.432. The van der Waals surface area contributed by atoms with Crippen LogP contribution < -0.4 is 9.47 Å². The van der Waals surface area contributed by atoms with Gasteiger partial charge in [0.25, 0.3) is 5.91 Å². The van der Waals surface area contributed by atoms with Gasteiger partial charge in [0.15, 0.2) is 16.7 Å². The minimum Gasteiger partial charge on any atom is -0.493 e. The van der Waals surface area contributed by atoms with E-state index in [0.717, 1.165) is 10.0 Å². The molecule has 0 atom stereocenters. The van der Waals surface area contributed by atoms with Crippen molar-refractivity contribution in [3.63, 3.8) is 0 Å². The predicted octanol–water partition coefficient (Wildman–Crippen LogP) is 6.40. The van der Waals surface area contributed by atoms with E-state index >= 15 is 0 Å². The van der Waals surface area contributed by atoms with Crippen LogP contribution in [0.3, 0.4) is 0 Å². The maximum Gasteiger partial charge on any atom is 0.266 e. The molecule has 1 aliphatic heterocycles. The first kappa shape index (κ1) is 22.0. The van der Waals surface area contributed by atoms with Crippen molar-refractivity contribution in [2.24, 2.45) is 4.99 Å². The Kier molecular flexibility index (Phi) is 7.16. The maximum absolute atomic E-state index is 12.9. The Morgan fingerprint density at radius 1 is 1.17 bits per heavy atom. The van der Waals surface area contributed by atoms with Gasteiger partial charge in [-0.15, -0.1) is 0 Å². The highest BCUT2D eigenvalue weighted by Gasteiger charge is 2.32. The number of benzene rings is 2. The van der Waals surface area contributed by atoms with Gasteiger partial charge in [0.1, 0.15) is 0 Å². The Bertz CT molecular complexity index is 1030. The summed E-state index contributed by atoms with van der Waals surface area (Å²) < 4.78 is 11.4. The van der Waals surface area contributed by atoms with Gasteiger partial charge in [-0.2, -0.15) is 0 Å². The molecule has 1 fully saturated rings. The summed E-state index contributed by atoms with van der Waals surface area (Å²) in [6, 6.07) is 8.89. The third-order valence-electron chi connectivity index (χ3n) is 4.09. The van der Waals surface area contributed by atoms with E-state index < -0.39 is 0 Å². The highest BCUT2D eigenvalue weighted by Crippen LogP contribution is 2.39. The first-order valence-corrected chi connectivity index (χ1v) is 10.9. The molecular formula is C20H17BrCl2N2O3S. The fourth-order valence-corrected chi connectivity index (χ4v) is 4.49. The average Bonchev–Trinajstić information content (AvgIpc) is 2.98. The summed E-state index contributed by atoms with van der Waals surface area (Å²) in [4.78, 5) is 19.6. The molecule has 3 rings (SSSR count). The highest BCUT2D eigenvalue weighted by molar-refractivity contribution is 9.10. The smallest absolute Gasteiger partial charge is 0.266 e. The van der Waals surface area contributed by atoms with Gasteiger partial charge in [-0.3, -0.25) is 9.69 Å². The molecule has 2 aromatic rings. The first-order chi connectivity index (χ1) is 13.9. The number of ether oxygens (including phenoxy) is 2. The number of amidine groups is 1. The number of nitrogens with zero attached hydrogens (tertiary/aromatic N) is 2. The van der Waals surface area contributed by atoms with Crippen LogP contribution in [-0.2, 0) is 4.79 Å². The van der Waals surface area contributed by atoms with Gasteiger partial charge in [-0.05, 0) is 76.6 Å². The third-order valence-corrected chi connectivity index (χ3v) is 6.61. The Morgan fingerprint density at radius 3 is 2.55 bits per heavy atom. The number of carbonyl (C=O) groups excluding carboxylic acids is 1. The number of amides is 1. The first-order valence-electron chi connectivity index (χ1n) is 8.54. The summed E-state index contributed by atoms with van der Waals surface area (Å²) in [7, 11) is 3.06. The third kappa shape index (κ3) is 4.74. The van der Waals surface area contributed by atoms with Gasteiger partial charge >= 0.3 is 0 Å². The Labute approximate surface area is 191 Å². The van der Waals surface area contributed by atoms with E-state index in [1.807, 2.05) is 19.1 Å². The zero-order chi connectivity index (χ0) is 21.1. The number of methoxy groups -OCH3 is 2. The molecule has 0 aliphatic carbocycles. The molecule has 0 saturated carbocycles. The normalized spacial score (nSPS) is 16.8. The van der Waals surface area contributed by atoms with Crippen LogP contribution in [-0.4, -0.2) is 36.7 Å². The molecule has 0 spiro atoms. The second kappa shape index (κ2) is 9.43. The lowest BCUT2D eigenvalue weighted by molar-refractivity contribution is -0.122. The summed E-state index contributed by atoms with van der Waals surface area (Å²) >= 11 is 17.1. The van der Waals surface area contributed by atoms with Crippen LogP contribution in [0.1, 0.15) is 12.5 Å². The van der Waals surface area contributed by atoms with E-state index in [1.54, 1.807) is 29.2 Å². The van der Waals surface area contributed by atoms with Crippen LogP contribution >= 0.6 is 50.9 Å². The van der Waals surface area contributed by atoms with E-state index in [4.69, 9.17) is 32.7 Å². The van der Waals surface area contributed by atoms with Crippen molar-refractivity contribution in [2.45, 2.75) is 6.92 Å². The molecule has 1 amide bonds. The minimum atomic E-state index is -0.120. The number of halogens is 3. The van der Waals surface area contributed by atoms with Crippen LogP contribution in [0.4, 0.5) is 5.69 Å². The van der Waals surface area contributed by atoms with Crippen LogP contribution in [0, 0.1) is 0 Å². The van der Waals surface area contributed by atoms with Gasteiger partial charge in [0.05, 0.1) is 34.9 Å². The Hall–Kier alpha value is -1.67. The van der Waals surface area contributed by atoms with Crippen molar-refractivity contribution < 1.29 is 14.3 Å². The lowest BCUT2D eigenvalue weighted by atomic mass is 10.2. The average molecular weight is 516 g/mol. The molecule has 152 valence electrons. The number of likely N-dealkylation sites (N-methyl/N-ethyl adjacent to an activating group) is 1. The lowest BCUT2D eigenvalue weighted by Crippen LogP contribution is -2.28. The van der Waals surface area contributed by atoms with E-state index in [1.165, 1.54) is 26.0 Å². The van der Waals surface area contributed by atoms with Crippen molar-refractivity contribution in [3.05, 3.63) is 55.3 Å². The zero-order valence-electron chi connectivity index (χ0n) is 15.8. The molecule has 0 radical (unpaired) electrons. The van der Waals surface area contributed by atoms with E-state index in [0.29, 0.717) is 43.8 Å². The molecule has 2 aromatic carbocycles. The van der Waals surface area contributed by atoms with Gasteiger partial charge in [0, 0.05) is 11.0 Å². The van der Waals surface area contributed by atoms with Crippen molar-refractivity contribution in [1.29, 1.82) is 0 Å². The van der Waals surface area contributed by atoms with Crippen molar-refractivity contribution in [1.82, 2.24) is 4.90 Å². The predicted molar refractivity (Wildman–Crippen MR) is 124 cm³/mol. The standard InChI is InChI=1S/C20H17BrCl2N2O3S/c1-4-25-19(26)17(9-11-7-15(23)18(28-3)16(8-11)27-2)29-20(25)24-12-5-6-13(21)14(22)10-12/h5-10H,4H2,1-3H3/b17-9-,24-20?. The molecule has 9 heteroatoms. The summed E-state index contributed by atoms with van der Waals surface area (Å²) in [5.41, 5.74) is 1.40. The molecule has 5 nitrogen and oxygen atoms in total. The number of carbonyl (C=O) groups is 1. The molecule has 0 aromatic heterocycles. The van der Waals surface area contributed by atoms with Crippen LogP contribution in [0.2, 0.25) is 10.0 Å². The largest absolute Gasteiger partial charge is 0.493 e. The molecule has 0 N–H and O–H groups in total. The van der Waals surface area contributed by atoms with E-state index in [9.17, 15) is 4.79 Å². The fourth-order valence-electron chi connectivity index (χ4n) is 2.71. The molecule has 1 aliphatic rings. The van der Waals surface area contributed by atoms with Crippen LogP contribution in [0.5, 0.6) is 11.5 Å². The summed E-state index contributed by atoms with van der Waals surface area (Å²) in [5, 5.41) is 1.55. The van der Waals surface area contributed by atoms with Gasteiger partial charge in [-0.25, -0.2) is 4.99 Å². The number of rotatable bonds is 5. The fraction of sp³-hybridized carbons (Fsp3) is 0.200. The Morgan fingerprint density at radius 2 is 1.93 bits per heavy atom. The summed E-state index contributed by atoms with van der Waals surface area (Å²) in [5.74, 6) is 0.824. The second-order valence-corrected chi connectivity index (χ2v) is 8.57. The molecule has 0 unspecified atom stereocenters. The summed E-state index contributed by atoms with van der Waals surface area (Å²) in [6.07, 6.45) is 1.76. The van der Waals surface area contributed by atoms with Crippen LogP contribution in [0.15, 0.2) is 44.7 Å². The molecular weight excluding hydrogens is 499 g/mol. The second-order valence-electron chi connectivity index (χ2n) is 5.89. The van der Waals surface area contributed by atoms with Gasteiger partial charge in [-0.1, -0.05) is 23.2 Å². The number of hydrogen-bond acceptors (Lipinski definition) is 5. The summed E-state index contributed by atoms with van der Waals surface area (Å²) in [6.45, 7) is 2.40. The highest BCUT2D eigenvalue weighted by atomic mass is 79.9. The molecule has 29 heavy (non-hydrogen) atoms. The molecule has 1 saturated heterocycles. The van der Waals surface area contributed by atoms with Gasteiger partial charge < -0.3 is 9.47 Å². The van der Waals surface area contributed by atoms with Crippen LogP contribution in [0.25, 0.3) is 6.08 Å². The SMILES string of the molecule is CCN1C(=O)/C(=C/c2cc(Cl)c(OC)c(OC)c2)SC1=Nc1ccc(Br)c(Cl)c1. The van der Waals surface area contributed by atoms with E-state index in [-0.39, 0.29) is 5.91 Å². The molecule has 0 bridgehead atoms. The zero-order valence-corrected chi connectivity index (χ0v) is 19.7. The number of hydrogen-bond donors (Lipinski definition) is 0. The van der Waals surface area contributed by atoms with Crippen molar-refractivity contribution in [2.75, 3.05) is 20.8 Å².